The summed E-state index contributed by atoms with van der Waals surface area (Å²) >= 11 is 3.47. The Kier molecular flexibility index (Phi) is 3.08. The Morgan fingerprint density at radius 1 is 1.64 bits per heavy atom. The van der Waals surface area contributed by atoms with E-state index in [0.717, 1.165) is 29.9 Å². The van der Waals surface area contributed by atoms with Crippen molar-refractivity contribution in [3.05, 3.63) is 28.7 Å². The largest absolute Gasteiger partial charge is 0.375 e. The molecular formula is C11H13BrNO. The molecule has 2 rings (SSSR count). The van der Waals surface area contributed by atoms with Crippen molar-refractivity contribution in [1.29, 1.82) is 0 Å². The van der Waals surface area contributed by atoms with Crippen LogP contribution in [-0.4, -0.2) is 25.8 Å². The van der Waals surface area contributed by atoms with Gasteiger partial charge in [0.25, 0.3) is 0 Å². The van der Waals surface area contributed by atoms with E-state index in [0.29, 0.717) is 6.10 Å². The van der Waals surface area contributed by atoms with Crippen molar-refractivity contribution in [2.24, 2.45) is 0 Å². The number of halogens is 1. The lowest BCUT2D eigenvalue weighted by Gasteiger charge is -2.32. The molecule has 0 aromatic heterocycles. The quantitative estimate of drug-likeness (QED) is 0.764. The Morgan fingerprint density at radius 3 is 3.21 bits per heavy atom. The van der Waals surface area contributed by atoms with E-state index in [2.05, 4.69) is 39.9 Å². The first-order valence-corrected chi connectivity index (χ1v) is 5.59. The molecular weight excluding hydrogens is 242 g/mol. The van der Waals surface area contributed by atoms with Gasteiger partial charge in [-0.1, -0.05) is 22.0 Å². The highest BCUT2D eigenvalue weighted by Gasteiger charge is 2.16. The molecule has 1 aromatic rings. The average molecular weight is 255 g/mol. The maximum absolute atomic E-state index is 5.49. The molecule has 14 heavy (non-hydrogen) atoms. The summed E-state index contributed by atoms with van der Waals surface area (Å²) in [5.41, 5.74) is 1.15. The molecule has 3 heteroatoms. The van der Waals surface area contributed by atoms with Gasteiger partial charge in [0.2, 0.25) is 0 Å². The van der Waals surface area contributed by atoms with Crippen LogP contribution in [0.1, 0.15) is 6.92 Å². The number of ether oxygens (including phenoxy) is 1. The maximum atomic E-state index is 5.49. The summed E-state index contributed by atoms with van der Waals surface area (Å²) in [5, 5.41) is 0. The summed E-state index contributed by atoms with van der Waals surface area (Å²) in [6.45, 7) is 4.82. The fourth-order valence-electron chi connectivity index (χ4n) is 1.65. The molecule has 0 spiro atoms. The van der Waals surface area contributed by atoms with Gasteiger partial charge in [0.05, 0.1) is 12.7 Å². The number of anilines is 1. The van der Waals surface area contributed by atoms with Gasteiger partial charge >= 0.3 is 0 Å². The molecule has 1 heterocycles. The minimum atomic E-state index is 0.316. The van der Waals surface area contributed by atoms with E-state index in [4.69, 9.17) is 4.74 Å². The van der Waals surface area contributed by atoms with Crippen molar-refractivity contribution in [3.63, 3.8) is 0 Å². The van der Waals surface area contributed by atoms with Gasteiger partial charge in [-0.05, 0) is 19.1 Å². The van der Waals surface area contributed by atoms with Gasteiger partial charge in [0, 0.05) is 29.3 Å². The second-order valence-electron chi connectivity index (χ2n) is 3.52. The van der Waals surface area contributed by atoms with Gasteiger partial charge in [0.15, 0.2) is 0 Å². The van der Waals surface area contributed by atoms with E-state index in [1.165, 1.54) is 0 Å². The van der Waals surface area contributed by atoms with Crippen molar-refractivity contribution in [2.45, 2.75) is 13.0 Å². The van der Waals surface area contributed by atoms with Gasteiger partial charge in [-0.2, -0.15) is 0 Å². The summed E-state index contributed by atoms with van der Waals surface area (Å²) in [7, 11) is 0. The molecule has 1 atom stereocenters. The van der Waals surface area contributed by atoms with Crippen molar-refractivity contribution in [1.82, 2.24) is 0 Å². The topological polar surface area (TPSA) is 12.5 Å². The van der Waals surface area contributed by atoms with E-state index < -0.39 is 0 Å². The highest BCUT2D eigenvalue weighted by Crippen LogP contribution is 2.21. The third kappa shape index (κ3) is 2.28. The fraction of sp³-hybridized carbons (Fsp3) is 0.455. The Labute approximate surface area is 93.0 Å². The second-order valence-corrected chi connectivity index (χ2v) is 4.44. The van der Waals surface area contributed by atoms with Crippen LogP contribution in [0.15, 0.2) is 22.7 Å². The fourth-order valence-corrected chi connectivity index (χ4v) is 2.00. The zero-order valence-corrected chi connectivity index (χ0v) is 9.75. The molecule has 0 bridgehead atoms. The third-order valence-electron chi connectivity index (χ3n) is 2.33. The number of benzene rings is 1. The first-order chi connectivity index (χ1) is 6.75. The third-order valence-corrected chi connectivity index (χ3v) is 2.82. The van der Waals surface area contributed by atoms with Crippen LogP contribution in [-0.2, 0) is 4.74 Å². The molecule has 1 aliphatic rings. The van der Waals surface area contributed by atoms with Crippen LogP contribution < -0.4 is 4.90 Å². The monoisotopic (exact) mass is 254 g/mol. The molecule has 0 amide bonds. The molecule has 1 aromatic carbocycles. The van der Waals surface area contributed by atoms with Crippen LogP contribution in [0.25, 0.3) is 0 Å². The molecule has 0 N–H and O–H groups in total. The van der Waals surface area contributed by atoms with Gasteiger partial charge in [-0.15, -0.1) is 0 Å². The Bertz CT molecular complexity index is 316. The Balaban J connectivity index is 2.14. The number of rotatable bonds is 1. The zero-order valence-electron chi connectivity index (χ0n) is 8.16. The predicted molar refractivity (Wildman–Crippen MR) is 60.6 cm³/mol. The molecule has 0 aliphatic carbocycles. The van der Waals surface area contributed by atoms with E-state index in [1.54, 1.807) is 0 Å². The van der Waals surface area contributed by atoms with Gasteiger partial charge < -0.3 is 9.64 Å². The Hall–Kier alpha value is -0.540. The highest BCUT2D eigenvalue weighted by molar-refractivity contribution is 9.10. The number of morpholine rings is 1. The summed E-state index contributed by atoms with van der Waals surface area (Å²) in [6.07, 6.45) is 0.316. The molecule has 2 nitrogen and oxygen atoms in total. The van der Waals surface area contributed by atoms with Crippen molar-refractivity contribution < 1.29 is 4.74 Å². The van der Waals surface area contributed by atoms with Crippen LogP contribution >= 0.6 is 15.9 Å². The molecule has 1 fully saturated rings. The minimum absolute atomic E-state index is 0.316. The molecule has 1 aliphatic heterocycles. The van der Waals surface area contributed by atoms with E-state index in [9.17, 15) is 0 Å². The molecule has 0 unspecified atom stereocenters. The van der Waals surface area contributed by atoms with Gasteiger partial charge in [0.1, 0.15) is 0 Å². The molecule has 1 saturated heterocycles. The average Bonchev–Trinajstić information content (AvgIpc) is 2.18. The Morgan fingerprint density at radius 2 is 2.50 bits per heavy atom. The highest BCUT2D eigenvalue weighted by atomic mass is 79.9. The summed E-state index contributed by atoms with van der Waals surface area (Å²) in [4.78, 5) is 2.30. The maximum Gasteiger partial charge on any atom is 0.0722 e. The first kappa shape index (κ1) is 9.99. The van der Waals surface area contributed by atoms with Crippen LogP contribution in [0, 0.1) is 6.07 Å². The standard InChI is InChI=1S/C11H13BrNO/c1-9-8-13(5-6-14-9)11-4-2-3-10(12)7-11/h2-3,7,9H,5-6,8H2,1H3/t9-/m0/s1. The van der Waals surface area contributed by atoms with Crippen LogP contribution in [0.3, 0.4) is 0 Å². The SMILES string of the molecule is C[C@H]1CN(c2[c]ccc(Br)c2)CCO1. The van der Waals surface area contributed by atoms with Crippen molar-refractivity contribution in [3.8, 4) is 0 Å². The van der Waals surface area contributed by atoms with E-state index in [-0.39, 0.29) is 0 Å². The minimum Gasteiger partial charge on any atom is -0.375 e. The van der Waals surface area contributed by atoms with Crippen LogP contribution in [0.4, 0.5) is 5.69 Å². The predicted octanol–water partition coefficient (Wildman–Crippen LogP) is 2.47. The van der Waals surface area contributed by atoms with Crippen LogP contribution in [0.5, 0.6) is 0 Å². The molecule has 1 radical (unpaired) electrons. The zero-order chi connectivity index (χ0) is 9.97. The molecule has 75 valence electrons. The number of hydrogen-bond acceptors (Lipinski definition) is 2. The lowest BCUT2D eigenvalue weighted by molar-refractivity contribution is 0.0532. The van der Waals surface area contributed by atoms with Crippen LogP contribution in [0.2, 0.25) is 0 Å². The number of nitrogens with zero attached hydrogens (tertiary/aromatic N) is 1. The summed E-state index contributed by atoms with van der Waals surface area (Å²) < 4.78 is 6.59. The summed E-state index contributed by atoms with van der Waals surface area (Å²) in [6, 6.07) is 9.27. The van der Waals surface area contributed by atoms with Gasteiger partial charge in [-0.3, -0.25) is 0 Å². The second kappa shape index (κ2) is 4.32. The molecule has 0 saturated carbocycles. The first-order valence-electron chi connectivity index (χ1n) is 4.79. The van der Waals surface area contributed by atoms with Crippen molar-refractivity contribution in [2.75, 3.05) is 24.6 Å². The van der Waals surface area contributed by atoms with E-state index >= 15 is 0 Å². The van der Waals surface area contributed by atoms with Gasteiger partial charge in [-0.25, -0.2) is 0 Å². The number of hydrogen-bond donors (Lipinski definition) is 0. The lowest BCUT2D eigenvalue weighted by Crippen LogP contribution is -2.41. The smallest absolute Gasteiger partial charge is 0.0722 e. The normalized spacial score (nSPS) is 22.4. The summed E-state index contributed by atoms with van der Waals surface area (Å²) in [5.74, 6) is 0. The van der Waals surface area contributed by atoms with E-state index in [1.807, 2.05) is 12.1 Å². The van der Waals surface area contributed by atoms with Crippen molar-refractivity contribution >= 4 is 21.6 Å². The lowest BCUT2D eigenvalue weighted by atomic mass is 10.2.